The van der Waals surface area contributed by atoms with Crippen LogP contribution in [0.4, 0.5) is 0 Å². The van der Waals surface area contributed by atoms with Gasteiger partial charge in [0.2, 0.25) is 3.79 Å². The smallest absolute Gasteiger partial charge is 0.430 e. The van der Waals surface area contributed by atoms with Crippen molar-refractivity contribution in [2.75, 3.05) is 31.5 Å². The Kier molecular flexibility index (Phi) is 8.29. The fourth-order valence-electron chi connectivity index (χ4n) is 0.745. The van der Waals surface area contributed by atoms with E-state index < -0.39 is 3.79 Å². The summed E-state index contributed by atoms with van der Waals surface area (Å²) in [7, 11) is 0. The lowest BCUT2D eigenvalue weighted by molar-refractivity contribution is -0.536. The van der Waals surface area contributed by atoms with E-state index in [1.54, 1.807) is 0 Å². The molecule has 0 bridgehead atoms. The minimum Gasteiger partial charge on any atom is -0.430 e. The summed E-state index contributed by atoms with van der Waals surface area (Å²) in [5.74, 6) is 0.663. The Morgan fingerprint density at radius 2 is 1.60 bits per heavy atom. The minimum absolute atomic E-state index is 0.245. The highest BCUT2D eigenvalue weighted by Crippen LogP contribution is 2.25. The number of hydrogen-bond donors (Lipinski definition) is 1. The zero-order valence-corrected chi connectivity index (χ0v) is 11.5. The van der Waals surface area contributed by atoms with Crippen molar-refractivity contribution in [3.8, 4) is 0 Å². The van der Waals surface area contributed by atoms with Crippen LogP contribution in [-0.4, -0.2) is 51.0 Å². The van der Waals surface area contributed by atoms with Crippen LogP contribution in [0.25, 0.3) is 0 Å². The van der Waals surface area contributed by atoms with Gasteiger partial charge in [0.1, 0.15) is 6.61 Å². The standard InChI is InChI=1S/C7H10Cl5NO2/c8-1-3-13(4-2-9)6(14)15-5-7(10,11)12/h1-5H2/p+1. The number of hydrogen-bond acceptors (Lipinski definition) is 1. The molecule has 0 rings (SSSR count). The summed E-state index contributed by atoms with van der Waals surface area (Å²) in [6.45, 7) is 0.560. The summed E-state index contributed by atoms with van der Waals surface area (Å²) in [4.78, 5) is 0. The van der Waals surface area contributed by atoms with Gasteiger partial charge in [0.05, 0.1) is 11.8 Å². The maximum absolute atomic E-state index is 9.46. The third-order valence-corrected chi connectivity index (χ3v) is 2.01. The summed E-state index contributed by atoms with van der Waals surface area (Å²) in [6, 6.07) is 0. The first-order chi connectivity index (χ1) is 6.90. The van der Waals surface area contributed by atoms with Crippen molar-refractivity contribution in [1.82, 2.24) is 0 Å². The summed E-state index contributed by atoms with van der Waals surface area (Å²) < 4.78 is 4.75. The molecule has 0 radical (unpaired) electrons. The second kappa shape index (κ2) is 7.91. The van der Waals surface area contributed by atoms with Crippen molar-refractivity contribution in [2.24, 2.45) is 0 Å². The molecule has 0 aromatic heterocycles. The van der Waals surface area contributed by atoms with Crippen LogP contribution in [0.2, 0.25) is 0 Å². The first-order valence-corrected chi connectivity index (χ1v) is 6.23. The van der Waals surface area contributed by atoms with Gasteiger partial charge in [-0.3, -0.25) is 0 Å². The lowest BCUT2D eigenvalue weighted by Gasteiger charge is -2.10. The monoisotopic (exact) mass is 316 g/mol. The highest BCUT2D eigenvalue weighted by Gasteiger charge is 2.24. The van der Waals surface area contributed by atoms with Crippen LogP contribution in [0.5, 0.6) is 0 Å². The Morgan fingerprint density at radius 1 is 1.13 bits per heavy atom. The van der Waals surface area contributed by atoms with E-state index in [2.05, 4.69) is 0 Å². The van der Waals surface area contributed by atoms with Crippen LogP contribution in [0.15, 0.2) is 0 Å². The van der Waals surface area contributed by atoms with Gasteiger partial charge in [0.15, 0.2) is 13.1 Å². The second-order valence-electron chi connectivity index (χ2n) is 2.55. The number of aliphatic hydroxyl groups excluding tert-OH is 1. The molecule has 0 saturated heterocycles. The van der Waals surface area contributed by atoms with Crippen molar-refractivity contribution in [1.29, 1.82) is 0 Å². The average Bonchev–Trinajstić information content (AvgIpc) is 2.13. The maximum Gasteiger partial charge on any atom is 0.546 e. The van der Waals surface area contributed by atoms with Gasteiger partial charge in [-0.1, -0.05) is 34.8 Å². The number of ether oxygens (including phenoxy) is 1. The number of rotatable bonds is 5. The zero-order valence-electron chi connectivity index (χ0n) is 7.73. The quantitative estimate of drug-likeness (QED) is 0.366. The van der Waals surface area contributed by atoms with Crippen LogP contribution < -0.4 is 0 Å². The molecule has 0 fully saturated rings. The van der Waals surface area contributed by atoms with E-state index >= 15 is 0 Å². The first-order valence-electron chi connectivity index (χ1n) is 4.03. The van der Waals surface area contributed by atoms with Crippen LogP contribution in [0.3, 0.4) is 0 Å². The molecule has 0 aliphatic heterocycles. The molecule has 0 spiro atoms. The third kappa shape index (κ3) is 8.52. The predicted molar refractivity (Wildman–Crippen MR) is 65.3 cm³/mol. The van der Waals surface area contributed by atoms with Gasteiger partial charge in [-0.2, -0.15) is 4.58 Å². The lowest BCUT2D eigenvalue weighted by Crippen LogP contribution is -2.29. The summed E-state index contributed by atoms with van der Waals surface area (Å²) in [5, 5.41) is 9.46. The van der Waals surface area contributed by atoms with Crippen molar-refractivity contribution < 1.29 is 14.4 Å². The molecular formula is C7H11Cl5NO2+. The Balaban J connectivity index is 4.29. The van der Waals surface area contributed by atoms with E-state index in [0.29, 0.717) is 24.8 Å². The zero-order chi connectivity index (χ0) is 11.9. The Labute approximate surface area is 113 Å². The number of aliphatic hydroxyl groups is 1. The van der Waals surface area contributed by atoms with Crippen molar-refractivity contribution in [3.05, 3.63) is 0 Å². The highest BCUT2D eigenvalue weighted by molar-refractivity contribution is 6.67. The minimum atomic E-state index is -1.57. The van der Waals surface area contributed by atoms with Gasteiger partial charge in [0.25, 0.3) is 0 Å². The molecule has 3 nitrogen and oxygen atoms in total. The summed E-state index contributed by atoms with van der Waals surface area (Å²) in [5.41, 5.74) is 0. The number of halogens is 5. The van der Waals surface area contributed by atoms with E-state index in [-0.39, 0.29) is 12.7 Å². The SMILES string of the molecule is OC(OCC(Cl)(Cl)Cl)=[N+](CCCl)CCCl. The molecule has 0 aromatic rings. The largest absolute Gasteiger partial charge is 0.546 e. The van der Waals surface area contributed by atoms with E-state index in [4.69, 9.17) is 62.7 Å². The van der Waals surface area contributed by atoms with Gasteiger partial charge >= 0.3 is 6.08 Å². The number of nitrogens with zero attached hydrogens (tertiary/aromatic N) is 1. The first kappa shape index (κ1) is 15.7. The van der Waals surface area contributed by atoms with Gasteiger partial charge in [-0.25, -0.2) is 0 Å². The summed E-state index contributed by atoms with van der Waals surface area (Å²) >= 11 is 27.4. The van der Waals surface area contributed by atoms with Crippen LogP contribution in [0.1, 0.15) is 0 Å². The highest BCUT2D eigenvalue weighted by atomic mass is 35.6. The molecule has 90 valence electrons. The Hall–Kier alpha value is 0.720. The van der Waals surface area contributed by atoms with E-state index in [9.17, 15) is 5.11 Å². The molecule has 0 atom stereocenters. The second-order valence-corrected chi connectivity index (χ2v) is 5.82. The molecule has 0 unspecified atom stereocenters. The van der Waals surface area contributed by atoms with Crippen LogP contribution >= 0.6 is 58.0 Å². The summed E-state index contributed by atoms with van der Waals surface area (Å²) in [6.07, 6.45) is -0.345. The molecule has 0 saturated carbocycles. The molecule has 1 N–H and O–H groups in total. The molecule has 15 heavy (non-hydrogen) atoms. The lowest BCUT2D eigenvalue weighted by atomic mass is 10.6. The van der Waals surface area contributed by atoms with E-state index in [0.717, 1.165) is 0 Å². The third-order valence-electron chi connectivity index (χ3n) is 1.34. The normalized spacial score (nSPS) is 11.3. The molecule has 0 heterocycles. The molecule has 8 heteroatoms. The van der Waals surface area contributed by atoms with Gasteiger partial charge in [-0.15, -0.1) is 23.2 Å². The molecule has 0 amide bonds. The van der Waals surface area contributed by atoms with E-state index in [1.807, 2.05) is 0 Å². The number of alkyl halides is 5. The van der Waals surface area contributed by atoms with Gasteiger partial charge < -0.3 is 9.84 Å². The molecule has 0 aliphatic rings. The molecular weight excluding hydrogens is 307 g/mol. The van der Waals surface area contributed by atoms with Crippen LogP contribution in [-0.2, 0) is 4.74 Å². The van der Waals surface area contributed by atoms with Crippen molar-refractivity contribution in [2.45, 2.75) is 3.79 Å². The molecule has 0 aromatic carbocycles. The van der Waals surface area contributed by atoms with Gasteiger partial charge in [-0.05, 0) is 0 Å². The fourth-order valence-corrected chi connectivity index (χ4v) is 1.32. The maximum atomic E-state index is 9.46. The van der Waals surface area contributed by atoms with Crippen molar-refractivity contribution in [3.63, 3.8) is 0 Å². The van der Waals surface area contributed by atoms with Crippen molar-refractivity contribution >= 4 is 64.1 Å². The Morgan fingerprint density at radius 3 is 1.93 bits per heavy atom. The molecule has 0 aliphatic carbocycles. The Bertz CT molecular complexity index is 208. The van der Waals surface area contributed by atoms with E-state index in [1.165, 1.54) is 4.58 Å². The predicted octanol–water partition coefficient (Wildman–Crippen LogP) is 2.78. The topological polar surface area (TPSA) is 32.5 Å². The average molecular weight is 318 g/mol. The van der Waals surface area contributed by atoms with Gasteiger partial charge in [0, 0.05) is 0 Å². The van der Waals surface area contributed by atoms with Crippen LogP contribution in [0, 0.1) is 0 Å². The fraction of sp³-hybridized carbons (Fsp3) is 0.857.